The quantitative estimate of drug-likeness (QED) is 0.475. The largest absolute Gasteiger partial charge is 0.348 e. The van der Waals surface area contributed by atoms with E-state index in [0.717, 1.165) is 27.8 Å². The summed E-state index contributed by atoms with van der Waals surface area (Å²) in [4.78, 5) is 29.1. The number of carbonyl (C=O) groups excluding carboxylic acids is 2. The first-order valence-electron chi connectivity index (χ1n) is 10.2. The number of amides is 2. The zero-order chi connectivity index (χ0) is 21.6. The molecule has 1 heterocycles. The van der Waals surface area contributed by atoms with Gasteiger partial charge in [-0.1, -0.05) is 48.0 Å². The molecule has 31 heavy (non-hydrogen) atoms. The number of hydrogen-bond acceptors (Lipinski definition) is 3. The van der Waals surface area contributed by atoms with E-state index in [2.05, 4.69) is 15.6 Å². The molecule has 0 radical (unpaired) electrons. The van der Waals surface area contributed by atoms with Gasteiger partial charge >= 0.3 is 0 Å². The van der Waals surface area contributed by atoms with Crippen LogP contribution < -0.4 is 10.6 Å². The number of aryl methyl sites for hydroxylation is 2. The van der Waals surface area contributed by atoms with Crippen molar-refractivity contribution >= 4 is 28.5 Å². The Kier molecular flexibility index (Phi) is 6.08. The summed E-state index contributed by atoms with van der Waals surface area (Å²) in [7, 11) is 0. The van der Waals surface area contributed by atoms with Crippen LogP contribution in [0.1, 0.15) is 27.9 Å². The molecule has 0 fully saturated rings. The van der Waals surface area contributed by atoms with Gasteiger partial charge in [-0.2, -0.15) is 0 Å². The fourth-order valence-corrected chi connectivity index (χ4v) is 3.35. The summed E-state index contributed by atoms with van der Waals surface area (Å²) in [5, 5.41) is 5.83. The summed E-state index contributed by atoms with van der Waals surface area (Å²) in [5.41, 5.74) is 5.17. The number of hydrogen-bond donors (Lipinski definition) is 2. The number of rotatable bonds is 7. The molecule has 0 saturated carbocycles. The highest BCUT2D eigenvalue weighted by atomic mass is 16.2. The van der Waals surface area contributed by atoms with Gasteiger partial charge in [0, 0.05) is 30.8 Å². The number of fused-ring (bicyclic) bond motifs is 1. The minimum absolute atomic E-state index is 0.0531. The van der Waals surface area contributed by atoms with Gasteiger partial charge in [0.1, 0.15) is 0 Å². The van der Waals surface area contributed by atoms with Gasteiger partial charge < -0.3 is 15.2 Å². The number of aromatic nitrogens is 2. The summed E-state index contributed by atoms with van der Waals surface area (Å²) in [6.07, 6.45) is 2.04. The summed E-state index contributed by atoms with van der Waals surface area (Å²) < 4.78 is 1.93. The molecule has 4 aromatic rings. The standard InChI is InChI=1S/C25H24N4O2/c1-18-7-10-21(11-8-18)28-24(30)13-14-29-17-27-22-15-20(9-12-23(22)29)25(31)26-16-19-5-3-2-4-6-19/h2-12,15,17H,13-14,16H2,1H3,(H,26,31)(H,28,30). The van der Waals surface area contributed by atoms with Crippen LogP contribution in [0.5, 0.6) is 0 Å². The third-order valence-electron chi connectivity index (χ3n) is 5.09. The van der Waals surface area contributed by atoms with Crippen molar-refractivity contribution in [1.29, 1.82) is 0 Å². The van der Waals surface area contributed by atoms with E-state index < -0.39 is 0 Å². The highest BCUT2D eigenvalue weighted by Gasteiger charge is 2.10. The molecular formula is C25H24N4O2. The van der Waals surface area contributed by atoms with Crippen LogP contribution in [0.15, 0.2) is 79.1 Å². The van der Waals surface area contributed by atoms with Crippen LogP contribution in [0.4, 0.5) is 5.69 Å². The minimum Gasteiger partial charge on any atom is -0.348 e. The smallest absolute Gasteiger partial charge is 0.251 e. The van der Waals surface area contributed by atoms with Gasteiger partial charge in [0.2, 0.25) is 5.91 Å². The molecule has 156 valence electrons. The van der Waals surface area contributed by atoms with E-state index in [1.54, 1.807) is 18.5 Å². The van der Waals surface area contributed by atoms with Crippen molar-refractivity contribution in [3.8, 4) is 0 Å². The molecule has 2 N–H and O–H groups in total. The van der Waals surface area contributed by atoms with Crippen LogP contribution in [0.25, 0.3) is 11.0 Å². The van der Waals surface area contributed by atoms with Crippen LogP contribution >= 0.6 is 0 Å². The van der Waals surface area contributed by atoms with Crippen molar-refractivity contribution < 1.29 is 9.59 Å². The second kappa shape index (κ2) is 9.26. The third-order valence-corrected chi connectivity index (χ3v) is 5.09. The highest BCUT2D eigenvalue weighted by molar-refractivity contribution is 5.97. The molecule has 0 unspecified atom stereocenters. The predicted molar refractivity (Wildman–Crippen MR) is 122 cm³/mol. The second-order valence-electron chi connectivity index (χ2n) is 7.47. The van der Waals surface area contributed by atoms with Crippen molar-refractivity contribution in [1.82, 2.24) is 14.9 Å². The number of benzene rings is 3. The Balaban J connectivity index is 1.36. The van der Waals surface area contributed by atoms with E-state index in [9.17, 15) is 9.59 Å². The fraction of sp³-hybridized carbons (Fsp3) is 0.160. The summed E-state index contributed by atoms with van der Waals surface area (Å²) >= 11 is 0. The molecule has 0 atom stereocenters. The van der Waals surface area contributed by atoms with Crippen molar-refractivity contribution in [3.63, 3.8) is 0 Å². The molecule has 4 rings (SSSR count). The van der Waals surface area contributed by atoms with Gasteiger partial charge in [-0.15, -0.1) is 0 Å². The van der Waals surface area contributed by atoms with Crippen LogP contribution in [-0.2, 0) is 17.9 Å². The maximum Gasteiger partial charge on any atom is 0.251 e. The molecule has 0 aliphatic rings. The van der Waals surface area contributed by atoms with Gasteiger partial charge in [0.05, 0.1) is 17.4 Å². The maximum atomic E-state index is 12.5. The molecule has 6 nitrogen and oxygen atoms in total. The zero-order valence-corrected chi connectivity index (χ0v) is 17.3. The lowest BCUT2D eigenvalue weighted by Gasteiger charge is -2.08. The second-order valence-corrected chi connectivity index (χ2v) is 7.47. The molecule has 1 aromatic heterocycles. The third kappa shape index (κ3) is 5.17. The van der Waals surface area contributed by atoms with Crippen molar-refractivity contribution in [3.05, 3.63) is 95.8 Å². The lowest BCUT2D eigenvalue weighted by atomic mass is 10.1. The highest BCUT2D eigenvalue weighted by Crippen LogP contribution is 2.16. The Morgan fingerprint density at radius 2 is 1.74 bits per heavy atom. The molecule has 6 heteroatoms. The van der Waals surface area contributed by atoms with E-state index in [-0.39, 0.29) is 11.8 Å². The van der Waals surface area contributed by atoms with Crippen LogP contribution in [-0.4, -0.2) is 21.4 Å². The molecule has 3 aromatic carbocycles. The van der Waals surface area contributed by atoms with E-state index in [4.69, 9.17) is 0 Å². The maximum absolute atomic E-state index is 12.5. The van der Waals surface area contributed by atoms with Gasteiger partial charge in [-0.3, -0.25) is 9.59 Å². The lowest BCUT2D eigenvalue weighted by molar-refractivity contribution is -0.116. The SMILES string of the molecule is Cc1ccc(NC(=O)CCn2cnc3cc(C(=O)NCc4ccccc4)ccc32)cc1. The molecule has 0 aliphatic carbocycles. The molecule has 2 amide bonds. The van der Waals surface area contributed by atoms with Crippen molar-refractivity contribution in [2.75, 3.05) is 5.32 Å². The molecule has 0 saturated heterocycles. The van der Waals surface area contributed by atoms with Gasteiger partial charge in [0.25, 0.3) is 5.91 Å². The molecule has 0 aliphatic heterocycles. The average molecular weight is 412 g/mol. The van der Waals surface area contributed by atoms with Gasteiger partial charge in [0.15, 0.2) is 0 Å². The van der Waals surface area contributed by atoms with Crippen molar-refractivity contribution in [2.24, 2.45) is 0 Å². The first-order chi connectivity index (χ1) is 15.1. The van der Waals surface area contributed by atoms with E-state index in [0.29, 0.717) is 25.1 Å². The Hall–Kier alpha value is -3.93. The summed E-state index contributed by atoms with van der Waals surface area (Å²) in [6, 6.07) is 22.9. The predicted octanol–water partition coefficient (Wildman–Crippen LogP) is 4.30. The molecule has 0 bridgehead atoms. The van der Waals surface area contributed by atoms with E-state index >= 15 is 0 Å². The first kappa shape index (κ1) is 20.3. The normalized spacial score (nSPS) is 10.7. The number of nitrogens with one attached hydrogen (secondary N) is 2. The Labute approximate surface area is 180 Å². The van der Waals surface area contributed by atoms with Gasteiger partial charge in [-0.25, -0.2) is 4.98 Å². The Morgan fingerprint density at radius 3 is 2.52 bits per heavy atom. The number of imidazole rings is 1. The zero-order valence-electron chi connectivity index (χ0n) is 17.3. The Morgan fingerprint density at radius 1 is 0.968 bits per heavy atom. The number of carbonyl (C=O) groups is 2. The summed E-state index contributed by atoms with van der Waals surface area (Å²) in [6.45, 7) is 2.99. The van der Waals surface area contributed by atoms with Crippen LogP contribution in [0.2, 0.25) is 0 Å². The minimum atomic E-state index is -0.141. The van der Waals surface area contributed by atoms with Gasteiger partial charge in [-0.05, 0) is 42.8 Å². The average Bonchev–Trinajstić information content (AvgIpc) is 3.20. The number of nitrogens with zero attached hydrogens (tertiary/aromatic N) is 2. The van der Waals surface area contributed by atoms with E-state index in [1.807, 2.05) is 72.2 Å². The first-order valence-corrected chi connectivity index (χ1v) is 10.2. The van der Waals surface area contributed by atoms with Crippen LogP contribution in [0.3, 0.4) is 0 Å². The monoisotopic (exact) mass is 412 g/mol. The van der Waals surface area contributed by atoms with E-state index in [1.165, 1.54) is 0 Å². The molecule has 0 spiro atoms. The Bertz CT molecular complexity index is 1200. The lowest BCUT2D eigenvalue weighted by Crippen LogP contribution is -2.22. The molecular weight excluding hydrogens is 388 g/mol. The topological polar surface area (TPSA) is 76.0 Å². The van der Waals surface area contributed by atoms with Crippen LogP contribution in [0, 0.1) is 6.92 Å². The van der Waals surface area contributed by atoms with Crippen molar-refractivity contribution in [2.45, 2.75) is 26.4 Å². The number of anilines is 1. The fourth-order valence-electron chi connectivity index (χ4n) is 3.35. The summed E-state index contributed by atoms with van der Waals surface area (Å²) in [5.74, 6) is -0.194.